The highest BCUT2D eigenvalue weighted by molar-refractivity contribution is 7.86. The second-order valence-corrected chi connectivity index (χ2v) is 10.8. The van der Waals surface area contributed by atoms with Crippen LogP contribution >= 0.6 is 0 Å². The van der Waals surface area contributed by atoms with Crippen LogP contribution in [0.2, 0.25) is 0 Å². The maximum Gasteiger partial charge on any atom is 0.294 e. The van der Waals surface area contributed by atoms with Crippen LogP contribution in [0.25, 0.3) is 16.5 Å². The summed E-state index contributed by atoms with van der Waals surface area (Å²) in [6.07, 6.45) is 2.33. The molecule has 6 N–H and O–H groups in total. The fraction of sp³-hybridized carbons (Fsp3) is 0. The molecule has 0 fully saturated rings. The van der Waals surface area contributed by atoms with Crippen molar-refractivity contribution in [1.29, 1.82) is 0 Å². The first-order chi connectivity index (χ1) is 18.4. The van der Waals surface area contributed by atoms with Gasteiger partial charge in [0.1, 0.15) is 11.6 Å². The highest BCUT2D eigenvalue weighted by atomic mass is 32.2. The summed E-state index contributed by atoms with van der Waals surface area (Å²) in [4.78, 5) is 22.8. The van der Waals surface area contributed by atoms with Crippen LogP contribution in [0.1, 0.15) is 0 Å². The lowest BCUT2D eigenvalue weighted by atomic mass is 10.1. The van der Waals surface area contributed by atoms with Gasteiger partial charge in [-0.1, -0.05) is 18.2 Å². The zero-order valence-corrected chi connectivity index (χ0v) is 20.9. The van der Waals surface area contributed by atoms with E-state index in [2.05, 4.69) is 37.0 Å². The molecule has 0 unspecified atom stereocenters. The van der Waals surface area contributed by atoms with Gasteiger partial charge in [0.15, 0.2) is 0 Å². The summed E-state index contributed by atoms with van der Waals surface area (Å²) in [5.41, 5.74) is 0.0738. The fourth-order valence-electron chi connectivity index (χ4n) is 3.69. The molecule has 0 aliphatic rings. The highest BCUT2D eigenvalue weighted by Gasteiger charge is 2.20. The number of para-hydroxylation sites is 1. The average Bonchev–Trinajstić information content (AvgIpc) is 3.23. The number of hydrogen-bond acceptors (Lipinski definition) is 11. The first-order valence-corrected chi connectivity index (χ1v) is 13.6. The third-order valence-corrected chi connectivity index (χ3v) is 6.99. The molecule has 0 bridgehead atoms. The first kappa shape index (κ1) is 25.8. The second kappa shape index (κ2) is 9.48. The smallest absolute Gasteiger partial charge is 0.294 e. The van der Waals surface area contributed by atoms with E-state index in [9.17, 15) is 35.8 Å². The number of hydrogen-bond donors (Lipinski definition) is 6. The third-order valence-electron chi connectivity index (χ3n) is 5.32. The van der Waals surface area contributed by atoms with Gasteiger partial charge in [-0.05, 0) is 35.7 Å². The summed E-state index contributed by atoms with van der Waals surface area (Å²) in [6.45, 7) is 0. The molecule has 5 aromatic rings. The van der Waals surface area contributed by atoms with Crippen molar-refractivity contribution >= 4 is 54.4 Å². The largest absolute Gasteiger partial charge is 0.507 e. The van der Waals surface area contributed by atoms with Crippen LogP contribution in [0.5, 0.6) is 5.75 Å². The number of aromatic nitrogens is 5. The Kier molecular flexibility index (Phi) is 6.27. The van der Waals surface area contributed by atoms with Crippen LogP contribution in [0, 0.1) is 6.33 Å². The molecule has 0 saturated carbocycles. The molecular weight excluding hydrogens is 554 g/mol. The summed E-state index contributed by atoms with van der Waals surface area (Å²) in [5.74, 6) is -0.698. The van der Waals surface area contributed by atoms with E-state index in [0.717, 1.165) is 24.3 Å². The van der Waals surface area contributed by atoms with E-state index < -0.39 is 35.8 Å². The Morgan fingerprint density at radius 2 is 1.46 bits per heavy atom. The molecular formula is C22H16N7O8S2. The van der Waals surface area contributed by atoms with Crippen molar-refractivity contribution in [3.63, 3.8) is 0 Å². The minimum Gasteiger partial charge on any atom is -0.507 e. The topological polar surface area (TPSA) is 229 Å². The summed E-state index contributed by atoms with van der Waals surface area (Å²) in [5, 5.41) is 18.6. The van der Waals surface area contributed by atoms with Gasteiger partial charge < -0.3 is 15.7 Å². The molecule has 15 nitrogen and oxygen atoms in total. The van der Waals surface area contributed by atoms with Gasteiger partial charge >= 0.3 is 0 Å². The van der Waals surface area contributed by atoms with Crippen molar-refractivity contribution in [2.75, 3.05) is 10.6 Å². The molecule has 2 heterocycles. The average molecular weight is 571 g/mol. The van der Waals surface area contributed by atoms with Gasteiger partial charge in [-0.2, -0.15) is 31.8 Å². The van der Waals surface area contributed by atoms with Gasteiger partial charge in [-0.3, -0.25) is 19.0 Å². The molecule has 0 aliphatic carbocycles. The maximum absolute atomic E-state index is 12.4. The molecule has 17 heteroatoms. The molecule has 2 aromatic heterocycles. The SMILES string of the molecule is O=c1cc(Nc2n[c]nc(Nc3cc(S(=O)(=O)O)cc4cc(S(=O)(=O)O)cc(O)c34)n2)[nH]n1-c1ccccc1. The number of anilines is 4. The van der Waals surface area contributed by atoms with E-state index in [4.69, 9.17) is 0 Å². The Morgan fingerprint density at radius 1 is 0.846 bits per heavy atom. The van der Waals surface area contributed by atoms with Crippen LogP contribution in [-0.2, 0) is 20.2 Å². The van der Waals surface area contributed by atoms with Crippen LogP contribution in [-0.4, -0.2) is 55.8 Å². The fourth-order valence-corrected chi connectivity index (χ4v) is 4.77. The number of benzene rings is 3. The Hall–Kier alpha value is -4.84. The Labute approximate surface area is 219 Å². The van der Waals surface area contributed by atoms with Gasteiger partial charge in [0, 0.05) is 17.5 Å². The summed E-state index contributed by atoms with van der Waals surface area (Å²) in [6, 6.07) is 13.6. The third kappa shape index (κ3) is 5.41. The minimum absolute atomic E-state index is 0.0750. The number of fused-ring (bicyclic) bond motifs is 1. The number of H-pyrrole nitrogens is 1. The van der Waals surface area contributed by atoms with E-state index in [1.807, 2.05) is 0 Å². The van der Waals surface area contributed by atoms with Crippen molar-refractivity contribution in [1.82, 2.24) is 24.7 Å². The molecule has 1 radical (unpaired) electrons. The maximum atomic E-state index is 12.4. The van der Waals surface area contributed by atoms with Crippen molar-refractivity contribution < 1.29 is 31.0 Å². The zero-order chi connectivity index (χ0) is 27.9. The van der Waals surface area contributed by atoms with Crippen LogP contribution < -0.4 is 16.2 Å². The van der Waals surface area contributed by atoms with Crippen molar-refractivity contribution in [3.05, 3.63) is 77.3 Å². The Balaban J connectivity index is 1.52. The molecule has 0 spiro atoms. The lowest BCUT2D eigenvalue weighted by Gasteiger charge is -2.13. The number of aromatic amines is 1. The molecule has 3 aromatic carbocycles. The summed E-state index contributed by atoms with van der Waals surface area (Å²) >= 11 is 0. The number of nitrogens with zero attached hydrogens (tertiary/aromatic N) is 4. The van der Waals surface area contributed by atoms with Gasteiger partial charge in [0.25, 0.3) is 25.8 Å². The van der Waals surface area contributed by atoms with Gasteiger partial charge in [-0.25, -0.2) is 4.68 Å². The Bertz CT molecular complexity index is 2000. The second-order valence-electron chi connectivity index (χ2n) is 7.97. The number of nitrogens with one attached hydrogen (secondary N) is 3. The number of rotatable bonds is 7. The molecule has 0 saturated heterocycles. The van der Waals surface area contributed by atoms with Crippen LogP contribution in [0.4, 0.5) is 23.4 Å². The van der Waals surface area contributed by atoms with Gasteiger partial charge in [-0.15, -0.1) is 0 Å². The normalized spacial score (nSPS) is 11.9. The van der Waals surface area contributed by atoms with Gasteiger partial charge in [0.05, 0.1) is 21.2 Å². The summed E-state index contributed by atoms with van der Waals surface area (Å²) < 4.78 is 67.1. The minimum atomic E-state index is -4.79. The molecule has 199 valence electrons. The predicted molar refractivity (Wildman–Crippen MR) is 137 cm³/mol. The monoisotopic (exact) mass is 570 g/mol. The molecule has 39 heavy (non-hydrogen) atoms. The van der Waals surface area contributed by atoms with E-state index in [1.54, 1.807) is 30.3 Å². The van der Waals surface area contributed by atoms with Crippen molar-refractivity contribution in [2.45, 2.75) is 9.79 Å². The van der Waals surface area contributed by atoms with Crippen molar-refractivity contribution in [3.8, 4) is 11.4 Å². The standard InChI is InChI=1S/C22H16N7O8S2/c30-17-9-15(39(35,36)37)7-12-6-14(38(32,33)34)8-16(20(12)17)25-21-23-11-24-22(27-21)26-18-10-19(31)29(28-18)13-4-2-1-3-5-13/h1-10,28,30H,(H,32,33,34)(H,35,36,37)(H2,23,24,25,26,27). The number of phenolic OH excluding ortho intramolecular Hbond substituents is 1. The quantitative estimate of drug-likeness (QED) is 0.154. The van der Waals surface area contributed by atoms with E-state index >= 15 is 0 Å². The Morgan fingerprint density at radius 3 is 2.10 bits per heavy atom. The zero-order valence-electron chi connectivity index (χ0n) is 19.3. The molecule has 0 aliphatic heterocycles. The summed E-state index contributed by atoms with van der Waals surface area (Å²) in [7, 11) is -9.54. The van der Waals surface area contributed by atoms with E-state index in [1.165, 1.54) is 10.7 Å². The van der Waals surface area contributed by atoms with Crippen molar-refractivity contribution in [2.24, 2.45) is 0 Å². The number of aromatic hydroxyl groups is 1. The lowest BCUT2D eigenvalue weighted by molar-refractivity contribution is 0.471. The predicted octanol–water partition coefficient (Wildman–Crippen LogP) is 1.99. The van der Waals surface area contributed by atoms with Crippen LogP contribution in [0.3, 0.4) is 0 Å². The van der Waals surface area contributed by atoms with E-state index in [0.29, 0.717) is 5.69 Å². The van der Waals surface area contributed by atoms with E-state index in [-0.39, 0.29) is 39.7 Å². The highest BCUT2D eigenvalue weighted by Crippen LogP contribution is 2.37. The molecule has 0 atom stereocenters. The molecule has 5 rings (SSSR count). The lowest BCUT2D eigenvalue weighted by Crippen LogP contribution is -2.13. The van der Waals surface area contributed by atoms with Crippen LogP contribution in [0.15, 0.2) is 75.2 Å². The molecule has 0 amide bonds. The first-order valence-electron chi connectivity index (χ1n) is 10.7. The number of phenols is 1. The van der Waals surface area contributed by atoms with Gasteiger partial charge in [0.2, 0.25) is 18.2 Å².